The van der Waals surface area contributed by atoms with Gasteiger partial charge in [0.05, 0.1) is 5.52 Å². The van der Waals surface area contributed by atoms with Gasteiger partial charge < -0.3 is 4.90 Å². The highest BCUT2D eigenvalue weighted by Gasteiger charge is 2.27. The van der Waals surface area contributed by atoms with E-state index in [0.29, 0.717) is 0 Å². The highest BCUT2D eigenvalue weighted by atomic mass is 35.5. The van der Waals surface area contributed by atoms with Gasteiger partial charge in [-0.25, -0.2) is 0 Å². The van der Waals surface area contributed by atoms with E-state index in [4.69, 9.17) is 11.6 Å². The first-order valence-corrected chi connectivity index (χ1v) is 8.45. The molecule has 5 nitrogen and oxygen atoms in total. The molecule has 0 aliphatic carbocycles. The predicted octanol–water partition coefficient (Wildman–Crippen LogP) is 3.64. The molecule has 0 unspecified atom stereocenters. The third-order valence-corrected chi connectivity index (χ3v) is 4.81. The summed E-state index contributed by atoms with van der Waals surface area (Å²) in [6, 6.07) is 15.4. The van der Waals surface area contributed by atoms with Gasteiger partial charge in [0, 0.05) is 29.7 Å². The van der Waals surface area contributed by atoms with E-state index in [0.717, 1.165) is 47.7 Å². The monoisotopic (exact) mass is 340 g/mol. The van der Waals surface area contributed by atoms with E-state index >= 15 is 0 Å². The number of piperidine rings is 1. The molecular formula is C18H17ClN4O. The Hall–Kier alpha value is -2.40. The summed E-state index contributed by atoms with van der Waals surface area (Å²) in [5.74, 6) is 0.0139. The SMILES string of the molecule is O=C(C1CCN(c2cccc(Cl)c2)CC1)n1nnc2ccccc21. The molecule has 0 N–H and O–H groups in total. The topological polar surface area (TPSA) is 51.0 Å². The second-order valence-corrected chi connectivity index (χ2v) is 6.51. The van der Waals surface area contributed by atoms with Crippen molar-refractivity contribution in [2.45, 2.75) is 12.8 Å². The number of benzene rings is 2. The molecule has 6 heteroatoms. The molecule has 2 heterocycles. The molecule has 1 fully saturated rings. The van der Waals surface area contributed by atoms with Crippen LogP contribution in [0.5, 0.6) is 0 Å². The molecule has 0 saturated carbocycles. The van der Waals surface area contributed by atoms with Crippen LogP contribution in [0.15, 0.2) is 48.5 Å². The van der Waals surface area contributed by atoms with Crippen LogP contribution < -0.4 is 4.90 Å². The average Bonchev–Trinajstić information content (AvgIpc) is 3.05. The molecule has 0 radical (unpaired) electrons. The highest BCUT2D eigenvalue weighted by molar-refractivity contribution is 6.30. The van der Waals surface area contributed by atoms with Crippen LogP contribution in [-0.4, -0.2) is 34.0 Å². The molecule has 1 aromatic heterocycles. The lowest BCUT2D eigenvalue weighted by molar-refractivity contribution is 0.0799. The Kier molecular flexibility index (Phi) is 3.94. The third kappa shape index (κ3) is 2.76. The van der Waals surface area contributed by atoms with Crippen LogP contribution in [0, 0.1) is 5.92 Å². The number of aromatic nitrogens is 3. The molecule has 0 bridgehead atoms. The molecule has 4 rings (SSSR count). The zero-order valence-corrected chi connectivity index (χ0v) is 13.9. The van der Waals surface area contributed by atoms with Crippen LogP contribution in [0.2, 0.25) is 5.02 Å². The number of anilines is 1. The van der Waals surface area contributed by atoms with Gasteiger partial charge in [-0.15, -0.1) is 5.10 Å². The number of nitrogens with zero attached hydrogens (tertiary/aromatic N) is 4. The maximum absolute atomic E-state index is 12.8. The normalized spacial score (nSPS) is 15.8. The van der Waals surface area contributed by atoms with Gasteiger partial charge in [-0.1, -0.05) is 35.0 Å². The van der Waals surface area contributed by atoms with Crippen LogP contribution in [0.4, 0.5) is 5.69 Å². The Morgan fingerprint density at radius 2 is 1.88 bits per heavy atom. The maximum Gasteiger partial charge on any atom is 0.252 e. The summed E-state index contributed by atoms with van der Waals surface area (Å²) in [5.41, 5.74) is 2.64. The Morgan fingerprint density at radius 3 is 2.67 bits per heavy atom. The molecule has 1 aliphatic rings. The Morgan fingerprint density at radius 1 is 1.08 bits per heavy atom. The lowest BCUT2D eigenvalue weighted by Crippen LogP contribution is -2.38. The minimum atomic E-state index is -0.0226. The highest BCUT2D eigenvalue weighted by Crippen LogP contribution is 2.26. The van der Waals surface area contributed by atoms with E-state index in [-0.39, 0.29) is 11.8 Å². The van der Waals surface area contributed by atoms with Crippen molar-refractivity contribution in [1.82, 2.24) is 15.0 Å². The van der Waals surface area contributed by atoms with E-state index in [2.05, 4.69) is 21.3 Å². The number of rotatable bonds is 2. The molecule has 2 aromatic carbocycles. The second-order valence-electron chi connectivity index (χ2n) is 6.07. The molecule has 0 atom stereocenters. The zero-order valence-electron chi connectivity index (χ0n) is 13.1. The molecule has 24 heavy (non-hydrogen) atoms. The van der Waals surface area contributed by atoms with Gasteiger partial charge in [-0.3, -0.25) is 4.79 Å². The van der Waals surface area contributed by atoms with Gasteiger partial charge in [0.1, 0.15) is 5.52 Å². The third-order valence-electron chi connectivity index (χ3n) is 4.58. The summed E-state index contributed by atoms with van der Waals surface area (Å²) in [6.45, 7) is 1.67. The van der Waals surface area contributed by atoms with Crippen molar-refractivity contribution in [2.24, 2.45) is 5.92 Å². The fourth-order valence-corrected chi connectivity index (χ4v) is 3.45. The maximum atomic E-state index is 12.8. The minimum absolute atomic E-state index is 0.0226. The molecular weight excluding hydrogens is 324 g/mol. The quantitative estimate of drug-likeness (QED) is 0.714. The minimum Gasteiger partial charge on any atom is -0.371 e. The Bertz CT molecular complexity index is 883. The van der Waals surface area contributed by atoms with Crippen molar-refractivity contribution in [1.29, 1.82) is 0 Å². The Balaban J connectivity index is 1.48. The fraction of sp³-hybridized carbons (Fsp3) is 0.278. The van der Waals surface area contributed by atoms with Gasteiger partial charge >= 0.3 is 0 Å². The van der Waals surface area contributed by atoms with Crippen molar-refractivity contribution >= 4 is 34.2 Å². The van der Waals surface area contributed by atoms with Gasteiger partial charge in [-0.05, 0) is 43.2 Å². The number of para-hydroxylation sites is 1. The summed E-state index contributed by atoms with van der Waals surface area (Å²) in [6.07, 6.45) is 1.61. The van der Waals surface area contributed by atoms with E-state index in [1.165, 1.54) is 4.68 Å². The van der Waals surface area contributed by atoms with Crippen molar-refractivity contribution in [3.63, 3.8) is 0 Å². The first-order valence-electron chi connectivity index (χ1n) is 8.07. The molecule has 0 amide bonds. The largest absolute Gasteiger partial charge is 0.371 e. The number of hydrogen-bond acceptors (Lipinski definition) is 4. The predicted molar refractivity (Wildman–Crippen MR) is 94.5 cm³/mol. The second kappa shape index (κ2) is 6.24. The van der Waals surface area contributed by atoms with Crippen LogP contribution in [0.25, 0.3) is 11.0 Å². The van der Waals surface area contributed by atoms with Gasteiger partial charge in [-0.2, -0.15) is 4.68 Å². The molecule has 1 aliphatic heterocycles. The zero-order chi connectivity index (χ0) is 16.5. The summed E-state index contributed by atoms with van der Waals surface area (Å²) in [5, 5.41) is 8.86. The first kappa shape index (κ1) is 15.1. The van der Waals surface area contributed by atoms with Crippen LogP contribution in [-0.2, 0) is 0 Å². The smallest absolute Gasteiger partial charge is 0.252 e. The lowest BCUT2D eigenvalue weighted by atomic mass is 9.95. The summed E-state index contributed by atoms with van der Waals surface area (Å²) in [4.78, 5) is 15.1. The molecule has 0 spiro atoms. The van der Waals surface area contributed by atoms with E-state index in [9.17, 15) is 4.79 Å². The van der Waals surface area contributed by atoms with E-state index < -0.39 is 0 Å². The standard InChI is InChI=1S/C18H17ClN4O/c19-14-4-3-5-15(12-14)22-10-8-13(9-11-22)18(24)23-17-7-2-1-6-16(17)20-21-23/h1-7,12-13H,8-11H2. The molecule has 122 valence electrons. The van der Waals surface area contributed by atoms with Crippen molar-refractivity contribution < 1.29 is 4.79 Å². The number of carbonyl (C=O) groups excluding carboxylic acids is 1. The fourth-order valence-electron chi connectivity index (χ4n) is 3.26. The summed E-state index contributed by atoms with van der Waals surface area (Å²) < 4.78 is 1.45. The van der Waals surface area contributed by atoms with E-state index in [1.807, 2.05) is 42.5 Å². The Labute approximate surface area is 144 Å². The lowest BCUT2D eigenvalue weighted by Gasteiger charge is -2.32. The summed E-state index contributed by atoms with van der Waals surface area (Å²) >= 11 is 6.07. The average molecular weight is 341 g/mol. The van der Waals surface area contributed by atoms with Gasteiger partial charge in [0.15, 0.2) is 0 Å². The number of carbonyl (C=O) groups is 1. The van der Waals surface area contributed by atoms with Gasteiger partial charge in [0.25, 0.3) is 5.91 Å². The molecule has 3 aromatic rings. The number of hydrogen-bond donors (Lipinski definition) is 0. The van der Waals surface area contributed by atoms with Crippen molar-refractivity contribution in [3.05, 3.63) is 53.6 Å². The van der Waals surface area contributed by atoms with Gasteiger partial charge in [0.2, 0.25) is 0 Å². The molecule has 1 saturated heterocycles. The number of halogens is 1. The van der Waals surface area contributed by atoms with Crippen molar-refractivity contribution in [3.8, 4) is 0 Å². The first-order chi connectivity index (χ1) is 11.7. The summed E-state index contributed by atoms with van der Waals surface area (Å²) in [7, 11) is 0. The van der Waals surface area contributed by atoms with Crippen molar-refractivity contribution in [2.75, 3.05) is 18.0 Å². The van der Waals surface area contributed by atoms with Crippen LogP contribution >= 0.6 is 11.6 Å². The van der Waals surface area contributed by atoms with E-state index in [1.54, 1.807) is 0 Å². The number of fused-ring (bicyclic) bond motifs is 1. The van der Waals surface area contributed by atoms with Crippen LogP contribution in [0.3, 0.4) is 0 Å². The van der Waals surface area contributed by atoms with Crippen LogP contribution in [0.1, 0.15) is 17.6 Å².